The van der Waals surface area contributed by atoms with Gasteiger partial charge in [0.2, 0.25) is 11.8 Å². The van der Waals surface area contributed by atoms with Crippen molar-refractivity contribution in [1.82, 2.24) is 0 Å². The molecule has 2 aromatic rings. The maximum atomic E-state index is 12.8. The van der Waals surface area contributed by atoms with Gasteiger partial charge in [-0.1, -0.05) is 18.2 Å². The van der Waals surface area contributed by atoms with Crippen molar-refractivity contribution in [3.63, 3.8) is 0 Å². The summed E-state index contributed by atoms with van der Waals surface area (Å²) >= 11 is 0. The number of nitrogens with zero attached hydrogens (tertiary/aromatic N) is 1. The van der Waals surface area contributed by atoms with Gasteiger partial charge < -0.3 is 14.8 Å². The molecule has 25 heavy (non-hydrogen) atoms. The van der Waals surface area contributed by atoms with Crippen LogP contribution in [0, 0.1) is 0 Å². The van der Waals surface area contributed by atoms with E-state index >= 15 is 0 Å². The van der Waals surface area contributed by atoms with E-state index in [9.17, 15) is 9.59 Å². The highest BCUT2D eigenvalue weighted by atomic mass is 16.5. The number of hydrogen-bond acceptors (Lipinski definition) is 4. The summed E-state index contributed by atoms with van der Waals surface area (Å²) in [7, 11) is 3.09. The van der Waals surface area contributed by atoms with Gasteiger partial charge in [0.25, 0.3) is 0 Å². The molecule has 0 aromatic heterocycles. The van der Waals surface area contributed by atoms with Gasteiger partial charge in [-0.25, -0.2) is 0 Å². The van der Waals surface area contributed by atoms with E-state index in [-0.39, 0.29) is 11.8 Å². The summed E-state index contributed by atoms with van der Waals surface area (Å²) in [5.74, 6) is 0.715. The van der Waals surface area contributed by atoms with E-state index in [2.05, 4.69) is 5.32 Å². The van der Waals surface area contributed by atoms with Crippen molar-refractivity contribution in [1.29, 1.82) is 0 Å². The van der Waals surface area contributed by atoms with Crippen LogP contribution in [-0.2, 0) is 16.0 Å². The van der Waals surface area contributed by atoms with E-state index < -0.39 is 6.04 Å². The lowest BCUT2D eigenvalue weighted by Crippen LogP contribution is -2.44. The highest BCUT2D eigenvalue weighted by Crippen LogP contribution is 2.34. The molecule has 0 spiro atoms. The molecule has 1 aliphatic heterocycles. The minimum Gasteiger partial charge on any atom is -0.497 e. The molecule has 1 atom stereocenters. The SMILES string of the molecule is COc1ccc(NC(=O)C2Cc3ccccc3N2C(C)=O)c(OC)c1. The van der Waals surface area contributed by atoms with Crippen molar-refractivity contribution < 1.29 is 19.1 Å². The molecule has 3 rings (SSSR count). The van der Waals surface area contributed by atoms with Crippen LogP contribution in [0.4, 0.5) is 11.4 Å². The molecule has 0 fully saturated rings. The number of benzene rings is 2. The average Bonchev–Trinajstić information content (AvgIpc) is 3.02. The van der Waals surface area contributed by atoms with E-state index in [1.807, 2.05) is 24.3 Å². The molecule has 0 radical (unpaired) electrons. The van der Waals surface area contributed by atoms with Crippen LogP contribution in [0.15, 0.2) is 42.5 Å². The minimum atomic E-state index is -0.582. The van der Waals surface area contributed by atoms with Crippen molar-refractivity contribution >= 4 is 23.2 Å². The van der Waals surface area contributed by atoms with E-state index in [0.29, 0.717) is 23.6 Å². The molecule has 2 aromatic carbocycles. The molecule has 0 saturated heterocycles. The number of para-hydroxylation sites is 1. The number of nitrogens with one attached hydrogen (secondary N) is 1. The smallest absolute Gasteiger partial charge is 0.248 e. The van der Waals surface area contributed by atoms with Gasteiger partial charge in [-0.2, -0.15) is 0 Å². The molecule has 1 heterocycles. The second-order valence-electron chi connectivity index (χ2n) is 5.79. The van der Waals surface area contributed by atoms with Crippen LogP contribution >= 0.6 is 0 Å². The molecule has 2 amide bonds. The highest BCUT2D eigenvalue weighted by Gasteiger charge is 2.36. The Kier molecular flexibility index (Phi) is 4.61. The molecule has 1 N–H and O–H groups in total. The van der Waals surface area contributed by atoms with Crippen molar-refractivity contribution in [3.05, 3.63) is 48.0 Å². The zero-order valence-corrected chi connectivity index (χ0v) is 14.4. The topological polar surface area (TPSA) is 67.9 Å². The second kappa shape index (κ2) is 6.84. The van der Waals surface area contributed by atoms with Crippen LogP contribution in [0.1, 0.15) is 12.5 Å². The molecule has 0 bridgehead atoms. The third kappa shape index (κ3) is 3.15. The Morgan fingerprint density at radius 2 is 1.88 bits per heavy atom. The summed E-state index contributed by atoms with van der Waals surface area (Å²) in [5, 5.41) is 2.86. The van der Waals surface area contributed by atoms with Gasteiger partial charge in [-0.15, -0.1) is 0 Å². The Bertz CT molecular complexity index is 819. The zero-order chi connectivity index (χ0) is 18.0. The Hall–Kier alpha value is -3.02. The fourth-order valence-electron chi connectivity index (χ4n) is 3.10. The van der Waals surface area contributed by atoms with Gasteiger partial charge >= 0.3 is 0 Å². The van der Waals surface area contributed by atoms with Crippen LogP contribution < -0.4 is 19.7 Å². The number of ether oxygens (including phenoxy) is 2. The molecule has 1 unspecified atom stereocenters. The first-order valence-electron chi connectivity index (χ1n) is 7.95. The zero-order valence-electron chi connectivity index (χ0n) is 14.4. The predicted octanol–water partition coefficient (Wildman–Crippen LogP) is 2.62. The summed E-state index contributed by atoms with van der Waals surface area (Å²) in [5.41, 5.74) is 2.31. The van der Waals surface area contributed by atoms with Crippen molar-refractivity contribution in [3.8, 4) is 11.5 Å². The molecule has 0 saturated carbocycles. The first kappa shape index (κ1) is 16.8. The minimum absolute atomic E-state index is 0.160. The number of carbonyl (C=O) groups is 2. The monoisotopic (exact) mass is 340 g/mol. The van der Waals surface area contributed by atoms with Gasteiger partial charge in [-0.05, 0) is 23.8 Å². The van der Waals surface area contributed by atoms with Crippen LogP contribution in [-0.4, -0.2) is 32.1 Å². The number of amides is 2. The summed E-state index contributed by atoms with van der Waals surface area (Å²) < 4.78 is 10.5. The maximum absolute atomic E-state index is 12.8. The molecule has 1 aliphatic rings. The standard InChI is InChI=1S/C19H20N2O4/c1-12(22)21-16-7-5-4-6-13(16)10-17(21)19(23)20-15-9-8-14(24-2)11-18(15)25-3/h4-9,11,17H,10H2,1-3H3,(H,20,23). The van der Waals surface area contributed by atoms with Gasteiger partial charge in [0, 0.05) is 25.1 Å². The number of fused-ring (bicyclic) bond motifs is 1. The predicted molar refractivity (Wildman–Crippen MR) is 95.3 cm³/mol. The summed E-state index contributed by atoms with van der Waals surface area (Å²) in [6.07, 6.45) is 0.486. The van der Waals surface area contributed by atoms with Crippen LogP contribution in [0.2, 0.25) is 0 Å². The highest BCUT2D eigenvalue weighted by molar-refractivity contribution is 6.07. The lowest BCUT2D eigenvalue weighted by Gasteiger charge is -2.23. The quantitative estimate of drug-likeness (QED) is 0.929. The first-order valence-corrected chi connectivity index (χ1v) is 7.95. The van der Waals surface area contributed by atoms with Crippen molar-refractivity contribution in [2.45, 2.75) is 19.4 Å². The molecular formula is C19H20N2O4. The number of carbonyl (C=O) groups excluding carboxylic acids is 2. The van der Waals surface area contributed by atoms with Gasteiger partial charge in [-0.3, -0.25) is 14.5 Å². The Morgan fingerprint density at radius 3 is 2.56 bits per heavy atom. The van der Waals surface area contributed by atoms with Crippen molar-refractivity contribution in [2.75, 3.05) is 24.4 Å². The normalized spacial score (nSPS) is 15.5. The molecule has 6 nitrogen and oxygen atoms in total. The summed E-state index contributed by atoms with van der Waals surface area (Å²) in [6, 6.07) is 12.1. The third-order valence-electron chi connectivity index (χ3n) is 4.28. The van der Waals surface area contributed by atoms with Gasteiger partial charge in [0.05, 0.1) is 19.9 Å². The number of methoxy groups -OCH3 is 2. The van der Waals surface area contributed by atoms with E-state index in [1.165, 1.54) is 14.0 Å². The molecule has 6 heteroatoms. The summed E-state index contributed by atoms with van der Waals surface area (Å²) in [4.78, 5) is 26.5. The van der Waals surface area contributed by atoms with Crippen LogP contribution in [0.25, 0.3) is 0 Å². The molecule has 0 aliphatic carbocycles. The van der Waals surface area contributed by atoms with E-state index in [4.69, 9.17) is 9.47 Å². The third-order valence-corrected chi connectivity index (χ3v) is 4.28. The number of hydrogen-bond donors (Lipinski definition) is 1. The summed E-state index contributed by atoms with van der Waals surface area (Å²) in [6.45, 7) is 1.47. The van der Waals surface area contributed by atoms with Gasteiger partial charge in [0.1, 0.15) is 17.5 Å². The van der Waals surface area contributed by atoms with Crippen LogP contribution in [0.5, 0.6) is 11.5 Å². The molecular weight excluding hydrogens is 320 g/mol. The Balaban J connectivity index is 1.86. The first-order chi connectivity index (χ1) is 12.0. The Morgan fingerprint density at radius 1 is 1.12 bits per heavy atom. The fraction of sp³-hybridized carbons (Fsp3) is 0.263. The van der Waals surface area contributed by atoms with E-state index in [0.717, 1.165) is 11.3 Å². The maximum Gasteiger partial charge on any atom is 0.248 e. The van der Waals surface area contributed by atoms with Crippen molar-refractivity contribution in [2.24, 2.45) is 0 Å². The average molecular weight is 340 g/mol. The van der Waals surface area contributed by atoms with Crippen LogP contribution in [0.3, 0.4) is 0 Å². The Labute approximate surface area is 146 Å². The second-order valence-corrected chi connectivity index (χ2v) is 5.79. The molecule has 130 valence electrons. The fourth-order valence-corrected chi connectivity index (χ4v) is 3.10. The lowest BCUT2D eigenvalue weighted by molar-refractivity contribution is -0.122. The number of anilines is 2. The lowest BCUT2D eigenvalue weighted by atomic mass is 10.1. The van der Waals surface area contributed by atoms with E-state index in [1.54, 1.807) is 30.2 Å². The largest absolute Gasteiger partial charge is 0.497 e. The number of rotatable bonds is 4. The van der Waals surface area contributed by atoms with Gasteiger partial charge in [0.15, 0.2) is 0 Å².